The average Bonchev–Trinajstić information content (AvgIpc) is 2.49. The number of benzene rings is 1. The first-order chi connectivity index (χ1) is 11.5. The molecule has 1 aliphatic heterocycles. The zero-order valence-electron chi connectivity index (χ0n) is 13.1. The molecule has 24 heavy (non-hydrogen) atoms. The number of carbonyl (C=O) groups excluding carboxylic acids is 1. The molecule has 1 saturated heterocycles. The van der Waals surface area contributed by atoms with Crippen LogP contribution < -0.4 is 4.74 Å². The zero-order chi connectivity index (χ0) is 17.3. The second-order valence-corrected chi connectivity index (χ2v) is 6.35. The van der Waals surface area contributed by atoms with Crippen molar-refractivity contribution in [1.29, 1.82) is 0 Å². The minimum absolute atomic E-state index is 0.00566. The molecule has 3 rings (SSSR count). The average molecular weight is 339 g/mol. The molecule has 7 heteroatoms. The van der Waals surface area contributed by atoms with Crippen LogP contribution in [-0.4, -0.2) is 41.1 Å². The van der Waals surface area contributed by atoms with E-state index in [4.69, 9.17) is 9.84 Å². The Kier molecular flexibility index (Phi) is 4.69. The molecule has 2 atom stereocenters. The Bertz CT molecular complexity index is 643. The summed E-state index contributed by atoms with van der Waals surface area (Å²) in [6.07, 6.45) is 1.99. The van der Waals surface area contributed by atoms with E-state index in [0.717, 1.165) is 12.1 Å². The van der Waals surface area contributed by atoms with Crippen LogP contribution in [-0.2, 0) is 9.59 Å². The van der Waals surface area contributed by atoms with Gasteiger partial charge < -0.3 is 14.7 Å². The molecule has 1 saturated carbocycles. The lowest BCUT2D eigenvalue weighted by molar-refractivity contribution is -0.157. The summed E-state index contributed by atoms with van der Waals surface area (Å²) in [5.74, 6) is -3.41. The molecular formula is C17H19F2NO4. The maximum absolute atomic E-state index is 13.6. The first kappa shape index (κ1) is 16.7. The number of ether oxygens (including phenoxy) is 1. The van der Waals surface area contributed by atoms with Crippen LogP contribution in [0.4, 0.5) is 8.78 Å². The topological polar surface area (TPSA) is 66.8 Å². The Morgan fingerprint density at radius 3 is 2.29 bits per heavy atom. The highest BCUT2D eigenvalue weighted by Gasteiger charge is 2.43. The Balaban J connectivity index is 1.52. The molecule has 2 aliphatic rings. The highest BCUT2D eigenvalue weighted by molar-refractivity contribution is 5.86. The van der Waals surface area contributed by atoms with E-state index in [2.05, 4.69) is 0 Å². The molecule has 1 N–H and O–H groups in total. The highest BCUT2D eigenvalue weighted by atomic mass is 19.1. The van der Waals surface area contributed by atoms with E-state index in [1.807, 2.05) is 0 Å². The normalized spacial score (nSPS) is 24.3. The summed E-state index contributed by atoms with van der Waals surface area (Å²) >= 11 is 0. The van der Waals surface area contributed by atoms with Crippen LogP contribution in [0.15, 0.2) is 18.2 Å². The van der Waals surface area contributed by atoms with E-state index in [9.17, 15) is 18.4 Å². The lowest BCUT2D eigenvalue weighted by Crippen LogP contribution is -2.49. The second-order valence-electron chi connectivity index (χ2n) is 6.35. The van der Waals surface area contributed by atoms with Gasteiger partial charge in [-0.05, 0) is 25.0 Å². The summed E-state index contributed by atoms with van der Waals surface area (Å²) in [7, 11) is 0. The van der Waals surface area contributed by atoms with Crippen molar-refractivity contribution in [2.75, 3.05) is 13.1 Å². The van der Waals surface area contributed by atoms with Crippen molar-refractivity contribution in [3.63, 3.8) is 0 Å². The van der Waals surface area contributed by atoms with E-state index in [1.165, 1.54) is 6.07 Å². The molecule has 1 aromatic rings. The van der Waals surface area contributed by atoms with Gasteiger partial charge in [0.1, 0.15) is 11.9 Å². The lowest BCUT2D eigenvalue weighted by atomic mass is 9.72. The Labute approximate surface area is 138 Å². The fourth-order valence-corrected chi connectivity index (χ4v) is 3.27. The first-order valence-electron chi connectivity index (χ1n) is 8.09. The smallest absolute Gasteiger partial charge is 0.307 e. The molecule has 2 unspecified atom stereocenters. The molecule has 2 fully saturated rings. The van der Waals surface area contributed by atoms with Gasteiger partial charge in [0.15, 0.2) is 11.6 Å². The molecule has 1 aromatic carbocycles. The summed E-state index contributed by atoms with van der Waals surface area (Å²) in [5.41, 5.74) is 0. The van der Waals surface area contributed by atoms with Crippen LogP contribution >= 0.6 is 0 Å². The molecule has 0 radical (unpaired) electrons. The van der Waals surface area contributed by atoms with Crippen molar-refractivity contribution in [1.82, 2.24) is 4.90 Å². The van der Waals surface area contributed by atoms with Crippen molar-refractivity contribution < 1.29 is 28.2 Å². The number of carboxylic acids is 1. The number of hydrogen-bond donors (Lipinski definition) is 1. The van der Waals surface area contributed by atoms with Crippen LogP contribution in [0.2, 0.25) is 0 Å². The van der Waals surface area contributed by atoms with E-state index < -0.39 is 29.4 Å². The summed E-state index contributed by atoms with van der Waals surface area (Å²) in [4.78, 5) is 25.1. The van der Waals surface area contributed by atoms with E-state index in [-0.39, 0.29) is 17.8 Å². The number of carboxylic acid groups (broad SMARTS) is 1. The third-order valence-electron chi connectivity index (χ3n) is 4.85. The van der Waals surface area contributed by atoms with Crippen molar-refractivity contribution in [2.45, 2.75) is 31.8 Å². The van der Waals surface area contributed by atoms with Crippen LogP contribution in [0.3, 0.4) is 0 Å². The molecule has 1 heterocycles. The van der Waals surface area contributed by atoms with Crippen LogP contribution in [0.25, 0.3) is 0 Å². The Morgan fingerprint density at radius 1 is 1.08 bits per heavy atom. The second kappa shape index (κ2) is 6.75. The number of halogens is 2. The number of rotatable bonds is 4. The summed E-state index contributed by atoms with van der Waals surface area (Å²) in [6, 6.07) is 3.17. The number of piperidine rings is 1. The molecule has 1 aliphatic carbocycles. The highest BCUT2D eigenvalue weighted by Crippen LogP contribution is 2.36. The third-order valence-corrected chi connectivity index (χ3v) is 4.85. The molecule has 5 nitrogen and oxygen atoms in total. The molecular weight excluding hydrogens is 320 g/mol. The minimum atomic E-state index is -0.912. The van der Waals surface area contributed by atoms with Gasteiger partial charge in [-0.3, -0.25) is 9.59 Å². The summed E-state index contributed by atoms with van der Waals surface area (Å²) < 4.78 is 32.0. The predicted molar refractivity (Wildman–Crippen MR) is 80.4 cm³/mol. The van der Waals surface area contributed by atoms with E-state index in [1.54, 1.807) is 4.90 Å². The Hall–Kier alpha value is -2.18. The fraction of sp³-hybridized carbons (Fsp3) is 0.529. The van der Waals surface area contributed by atoms with Crippen molar-refractivity contribution in [3.05, 3.63) is 29.8 Å². The number of nitrogens with zero attached hydrogens (tertiary/aromatic N) is 1. The van der Waals surface area contributed by atoms with E-state index >= 15 is 0 Å². The minimum Gasteiger partial charge on any atom is -0.487 e. The van der Waals surface area contributed by atoms with Crippen molar-refractivity contribution >= 4 is 11.9 Å². The number of likely N-dealkylation sites (tertiary alicyclic amines) is 1. The summed E-state index contributed by atoms with van der Waals surface area (Å²) in [6.45, 7) is 0.907. The SMILES string of the molecule is O=C(O)C1CCC1C(=O)N1CCC(Oc2ccc(F)cc2F)CC1. The largest absolute Gasteiger partial charge is 0.487 e. The monoisotopic (exact) mass is 339 g/mol. The number of hydrogen-bond acceptors (Lipinski definition) is 3. The van der Waals surface area contributed by atoms with E-state index in [0.29, 0.717) is 38.8 Å². The molecule has 0 bridgehead atoms. The maximum atomic E-state index is 13.6. The standard InChI is InChI=1S/C17H19F2NO4/c18-10-1-4-15(14(19)9-10)24-11-5-7-20(8-6-11)16(21)12-2-3-13(12)17(22)23/h1,4,9,11-13H,2-3,5-8H2,(H,22,23). The van der Waals surface area contributed by atoms with Gasteiger partial charge in [-0.2, -0.15) is 0 Å². The number of aliphatic carboxylic acids is 1. The molecule has 130 valence electrons. The lowest BCUT2D eigenvalue weighted by Gasteiger charge is -2.39. The zero-order valence-corrected chi connectivity index (χ0v) is 13.1. The van der Waals surface area contributed by atoms with Crippen LogP contribution in [0.1, 0.15) is 25.7 Å². The van der Waals surface area contributed by atoms with Gasteiger partial charge in [-0.15, -0.1) is 0 Å². The van der Waals surface area contributed by atoms with Gasteiger partial charge in [0, 0.05) is 32.0 Å². The molecule has 0 spiro atoms. The van der Waals surface area contributed by atoms with Gasteiger partial charge in [0.05, 0.1) is 11.8 Å². The van der Waals surface area contributed by atoms with Gasteiger partial charge in [-0.25, -0.2) is 8.78 Å². The maximum Gasteiger partial charge on any atom is 0.307 e. The Morgan fingerprint density at radius 2 is 1.75 bits per heavy atom. The van der Waals surface area contributed by atoms with Crippen LogP contribution in [0.5, 0.6) is 5.75 Å². The summed E-state index contributed by atoms with van der Waals surface area (Å²) in [5, 5.41) is 9.05. The van der Waals surface area contributed by atoms with Gasteiger partial charge in [-0.1, -0.05) is 0 Å². The van der Waals surface area contributed by atoms with Gasteiger partial charge in [0.25, 0.3) is 0 Å². The van der Waals surface area contributed by atoms with Crippen molar-refractivity contribution in [2.24, 2.45) is 11.8 Å². The van der Waals surface area contributed by atoms with Crippen molar-refractivity contribution in [3.8, 4) is 5.75 Å². The predicted octanol–water partition coefficient (Wildman–Crippen LogP) is 2.45. The quantitative estimate of drug-likeness (QED) is 0.915. The number of amides is 1. The van der Waals surface area contributed by atoms with Crippen LogP contribution in [0, 0.1) is 23.5 Å². The number of carbonyl (C=O) groups is 2. The van der Waals surface area contributed by atoms with Gasteiger partial charge in [0.2, 0.25) is 5.91 Å². The fourth-order valence-electron chi connectivity index (χ4n) is 3.27. The molecule has 1 amide bonds. The first-order valence-corrected chi connectivity index (χ1v) is 8.09. The van der Waals surface area contributed by atoms with Gasteiger partial charge >= 0.3 is 5.97 Å². The molecule has 0 aromatic heterocycles. The third kappa shape index (κ3) is 3.34.